The third-order valence-corrected chi connectivity index (χ3v) is 2.94. The maximum atomic E-state index is 11.6. The SMILES string of the molecule is COC(=O)c1ccc(OC)cc1OCCCCBr. The molecule has 0 heterocycles. The van der Waals surface area contributed by atoms with Gasteiger partial charge in [-0.2, -0.15) is 0 Å². The van der Waals surface area contributed by atoms with Gasteiger partial charge in [0.2, 0.25) is 0 Å². The van der Waals surface area contributed by atoms with E-state index in [1.165, 1.54) is 7.11 Å². The Morgan fingerprint density at radius 2 is 2.06 bits per heavy atom. The molecule has 0 radical (unpaired) electrons. The summed E-state index contributed by atoms with van der Waals surface area (Å²) in [5.74, 6) is 0.738. The van der Waals surface area contributed by atoms with Crippen LogP contribution in [0.5, 0.6) is 11.5 Å². The Morgan fingerprint density at radius 3 is 2.67 bits per heavy atom. The van der Waals surface area contributed by atoms with Crippen LogP contribution in [0, 0.1) is 0 Å². The van der Waals surface area contributed by atoms with Crippen LogP contribution in [0.1, 0.15) is 23.2 Å². The van der Waals surface area contributed by atoms with E-state index in [2.05, 4.69) is 15.9 Å². The molecule has 0 aromatic heterocycles. The normalized spacial score (nSPS) is 9.94. The highest BCUT2D eigenvalue weighted by atomic mass is 79.9. The Labute approximate surface area is 115 Å². The zero-order valence-electron chi connectivity index (χ0n) is 10.6. The highest BCUT2D eigenvalue weighted by Crippen LogP contribution is 2.25. The van der Waals surface area contributed by atoms with Crippen molar-refractivity contribution in [3.05, 3.63) is 23.8 Å². The fraction of sp³-hybridized carbons (Fsp3) is 0.462. The van der Waals surface area contributed by atoms with Crippen LogP contribution in [0.15, 0.2) is 18.2 Å². The molecule has 0 aliphatic rings. The minimum Gasteiger partial charge on any atom is -0.497 e. The van der Waals surface area contributed by atoms with Crippen LogP contribution < -0.4 is 9.47 Å². The molecule has 0 spiro atoms. The number of esters is 1. The van der Waals surface area contributed by atoms with E-state index in [-0.39, 0.29) is 0 Å². The molecule has 0 bridgehead atoms. The van der Waals surface area contributed by atoms with Crippen molar-refractivity contribution in [2.24, 2.45) is 0 Å². The Kier molecular flexibility index (Phi) is 6.57. The van der Waals surface area contributed by atoms with Gasteiger partial charge in [-0.1, -0.05) is 15.9 Å². The first kappa shape index (κ1) is 14.8. The smallest absolute Gasteiger partial charge is 0.341 e. The van der Waals surface area contributed by atoms with Crippen molar-refractivity contribution in [3.63, 3.8) is 0 Å². The minimum absolute atomic E-state index is 0.409. The lowest BCUT2D eigenvalue weighted by molar-refractivity contribution is 0.0596. The molecule has 0 atom stereocenters. The molecule has 0 saturated carbocycles. The van der Waals surface area contributed by atoms with Crippen LogP contribution >= 0.6 is 15.9 Å². The maximum absolute atomic E-state index is 11.6. The number of methoxy groups -OCH3 is 2. The Morgan fingerprint density at radius 1 is 1.28 bits per heavy atom. The maximum Gasteiger partial charge on any atom is 0.341 e. The number of rotatable bonds is 7. The predicted octanol–water partition coefficient (Wildman–Crippen LogP) is 3.04. The first-order valence-corrected chi connectivity index (χ1v) is 6.80. The van der Waals surface area contributed by atoms with Gasteiger partial charge in [0.15, 0.2) is 0 Å². The van der Waals surface area contributed by atoms with E-state index in [0.29, 0.717) is 23.7 Å². The van der Waals surface area contributed by atoms with E-state index in [1.54, 1.807) is 25.3 Å². The molecule has 0 N–H and O–H groups in total. The largest absolute Gasteiger partial charge is 0.497 e. The summed E-state index contributed by atoms with van der Waals surface area (Å²) in [7, 11) is 2.92. The standard InChI is InChI=1S/C13H17BrO4/c1-16-10-5-6-11(13(15)17-2)12(9-10)18-8-4-3-7-14/h5-6,9H,3-4,7-8H2,1-2H3. The van der Waals surface area contributed by atoms with Crippen molar-refractivity contribution in [2.45, 2.75) is 12.8 Å². The van der Waals surface area contributed by atoms with Gasteiger partial charge in [0.25, 0.3) is 0 Å². The van der Waals surface area contributed by atoms with Gasteiger partial charge in [-0.05, 0) is 25.0 Å². The average Bonchev–Trinajstić information content (AvgIpc) is 2.42. The fourth-order valence-corrected chi connectivity index (χ4v) is 1.80. The van der Waals surface area contributed by atoms with Gasteiger partial charge in [-0.3, -0.25) is 0 Å². The van der Waals surface area contributed by atoms with Gasteiger partial charge < -0.3 is 14.2 Å². The van der Waals surface area contributed by atoms with Gasteiger partial charge >= 0.3 is 5.97 Å². The van der Waals surface area contributed by atoms with Crippen molar-refractivity contribution >= 4 is 21.9 Å². The predicted molar refractivity (Wildman–Crippen MR) is 72.9 cm³/mol. The van der Waals surface area contributed by atoms with Crippen LogP contribution in [-0.2, 0) is 4.74 Å². The number of halogens is 1. The van der Waals surface area contributed by atoms with Crippen LogP contribution in [0.3, 0.4) is 0 Å². The first-order valence-electron chi connectivity index (χ1n) is 5.68. The molecule has 0 saturated heterocycles. The van der Waals surface area contributed by atoms with E-state index >= 15 is 0 Å². The molecule has 0 aliphatic carbocycles. The molecule has 4 nitrogen and oxygen atoms in total. The Bertz CT molecular complexity index is 393. The zero-order chi connectivity index (χ0) is 13.4. The van der Waals surface area contributed by atoms with Crippen LogP contribution in [0.2, 0.25) is 0 Å². The molecule has 0 amide bonds. The van der Waals surface area contributed by atoms with Gasteiger partial charge in [0.1, 0.15) is 17.1 Å². The van der Waals surface area contributed by atoms with Crippen molar-refractivity contribution in [2.75, 3.05) is 26.2 Å². The molecular weight excluding hydrogens is 300 g/mol. The number of ether oxygens (including phenoxy) is 3. The number of hydrogen-bond acceptors (Lipinski definition) is 4. The summed E-state index contributed by atoms with van der Waals surface area (Å²) < 4.78 is 15.4. The van der Waals surface area contributed by atoms with E-state index in [4.69, 9.17) is 14.2 Å². The Balaban J connectivity index is 2.79. The molecule has 1 aromatic rings. The molecule has 100 valence electrons. The average molecular weight is 317 g/mol. The molecule has 0 aliphatic heterocycles. The van der Waals surface area contributed by atoms with Crippen molar-refractivity contribution in [1.29, 1.82) is 0 Å². The molecule has 18 heavy (non-hydrogen) atoms. The second-order valence-corrected chi connectivity index (χ2v) is 4.39. The molecule has 1 rings (SSSR count). The highest BCUT2D eigenvalue weighted by Gasteiger charge is 2.14. The van der Waals surface area contributed by atoms with E-state index in [0.717, 1.165) is 18.2 Å². The van der Waals surface area contributed by atoms with Crippen LogP contribution in [0.4, 0.5) is 0 Å². The summed E-state index contributed by atoms with van der Waals surface area (Å²) in [6, 6.07) is 5.04. The number of hydrogen-bond donors (Lipinski definition) is 0. The number of unbranched alkanes of at least 4 members (excludes halogenated alkanes) is 1. The summed E-state index contributed by atoms with van der Waals surface area (Å²) in [6.45, 7) is 0.558. The molecule has 0 fully saturated rings. The minimum atomic E-state index is -0.409. The highest BCUT2D eigenvalue weighted by molar-refractivity contribution is 9.09. The molecule has 5 heteroatoms. The first-order chi connectivity index (χ1) is 8.72. The number of carbonyl (C=O) groups excluding carboxylic acids is 1. The molecular formula is C13H17BrO4. The van der Waals surface area contributed by atoms with Gasteiger partial charge in [-0.15, -0.1) is 0 Å². The molecule has 0 unspecified atom stereocenters. The number of alkyl halides is 1. The summed E-state index contributed by atoms with van der Waals surface area (Å²) in [6.07, 6.45) is 1.95. The van der Waals surface area contributed by atoms with Crippen molar-refractivity contribution in [1.82, 2.24) is 0 Å². The zero-order valence-corrected chi connectivity index (χ0v) is 12.2. The monoisotopic (exact) mass is 316 g/mol. The second kappa shape index (κ2) is 7.97. The third kappa shape index (κ3) is 4.22. The lowest BCUT2D eigenvalue weighted by Gasteiger charge is -2.11. The van der Waals surface area contributed by atoms with Crippen molar-refractivity contribution < 1.29 is 19.0 Å². The number of benzene rings is 1. The fourth-order valence-electron chi connectivity index (χ4n) is 1.41. The lowest BCUT2D eigenvalue weighted by atomic mass is 10.2. The summed E-state index contributed by atoms with van der Waals surface area (Å²) >= 11 is 3.36. The summed E-state index contributed by atoms with van der Waals surface area (Å²) in [5, 5.41) is 0.943. The van der Waals surface area contributed by atoms with Gasteiger partial charge in [-0.25, -0.2) is 4.79 Å². The molecule has 1 aromatic carbocycles. The van der Waals surface area contributed by atoms with E-state index < -0.39 is 5.97 Å². The van der Waals surface area contributed by atoms with Gasteiger partial charge in [0, 0.05) is 11.4 Å². The quantitative estimate of drug-likeness (QED) is 0.440. The summed E-state index contributed by atoms with van der Waals surface area (Å²) in [4.78, 5) is 11.6. The topological polar surface area (TPSA) is 44.8 Å². The van der Waals surface area contributed by atoms with Crippen LogP contribution in [-0.4, -0.2) is 32.1 Å². The second-order valence-electron chi connectivity index (χ2n) is 3.60. The van der Waals surface area contributed by atoms with E-state index in [9.17, 15) is 4.79 Å². The Hall–Kier alpha value is -1.23. The van der Waals surface area contributed by atoms with Gasteiger partial charge in [0.05, 0.1) is 20.8 Å². The van der Waals surface area contributed by atoms with Crippen molar-refractivity contribution in [3.8, 4) is 11.5 Å². The third-order valence-electron chi connectivity index (χ3n) is 2.38. The number of carbonyl (C=O) groups is 1. The summed E-state index contributed by atoms with van der Waals surface area (Å²) in [5.41, 5.74) is 0.414. The van der Waals surface area contributed by atoms with Crippen LogP contribution in [0.25, 0.3) is 0 Å². The lowest BCUT2D eigenvalue weighted by Crippen LogP contribution is -2.07. The van der Waals surface area contributed by atoms with E-state index in [1.807, 2.05) is 0 Å².